The molecule has 0 amide bonds. The van der Waals surface area contributed by atoms with Crippen molar-refractivity contribution < 1.29 is 4.84 Å². The number of halogens is 1. The van der Waals surface area contributed by atoms with Crippen molar-refractivity contribution in [2.45, 2.75) is 20.3 Å². The van der Waals surface area contributed by atoms with Crippen molar-refractivity contribution in [3.63, 3.8) is 0 Å². The highest BCUT2D eigenvalue weighted by Gasteiger charge is 2.07. The summed E-state index contributed by atoms with van der Waals surface area (Å²) in [6, 6.07) is 5.87. The van der Waals surface area contributed by atoms with Gasteiger partial charge in [-0.1, -0.05) is 18.5 Å². The fraction of sp³-hybridized carbons (Fsp3) is 0.333. The lowest BCUT2D eigenvalue weighted by Crippen LogP contribution is -2.08. The van der Waals surface area contributed by atoms with Gasteiger partial charge in [-0.2, -0.15) is 4.73 Å². The van der Waals surface area contributed by atoms with E-state index < -0.39 is 0 Å². The molecule has 0 radical (unpaired) electrons. The highest BCUT2D eigenvalue weighted by Crippen LogP contribution is 2.24. The van der Waals surface area contributed by atoms with Crippen molar-refractivity contribution in [1.82, 2.24) is 4.73 Å². The van der Waals surface area contributed by atoms with Gasteiger partial charge in [0.1, 0.15) is 6.61 Å². The van der Waals surface area contributed by atoms with Crippen LogP contribution < -0.4 is 4.84 Å². The van der Waals surface area contributed by atoms with Crippen molar-refractivity contribution in [3.05, 3.63) is 35.0 Å². The fourth-order valence-electron chi connectivity index (χ4n) is 1.77. The molecule has 2 rings (SSSR count). The first kappa shape index (κ1) is 10.4. The van der Waals surface area contributed by atoms with Gasteiger partial charge in [0.05, 0.1) is 5.52 Å². The molecule has 0 aliphatic carbocycles. The molecule has 1 heterocycles. The molecule has 0 aliphatic heterocycles. The lowest BCUT2D eigenvalue weighted by atomic mass is 10.1. The fourth-order valence-corrected chi connectivity index (χ4v) is 1.94. The second-order valence-corrected chi connectivity index (χ2v) is 3.85. The van der Waals surface area contributed by atoms with Crippen LogP contribution in [0.5, 0.6) is 0 Å². The maximum Gasteiger partial charge on any atom is 0.112 e. The molecule has 1 aromatic carbocycles. The number of benzene rings is 1. The Morgan fingerprint density at radius 3 is 2.80 bits per heavy atom. The van der Waals surface area contributed by atoms with E-state index in [1.54, 1.807) is 0 Å². The summed E-state index contributed by atoms with van der Waals surface area (Å²) in [4.78, 5) is 5.52. The molecule has 0 N–H and O–H groups in total. The molecule has 0 saturated carbocycles. The van der Waals surface area contributed by atoms with Gasteiger partial charge in [-0.05, 0) is 37.1 Å². The molecule has 0 atom stereocenters. The highest BCUT2D eigenvalue weighted by atomic mass is 35.5. The number of nitrogens with zero attached hydrogens (tertiary/aromatic N) is 1. The molecule has 1 aromatic heterocycles. The van der Waals surface area contributed by atoms with Gasteiger partial charge in [0.2, 0.25) is 0 Å². The molecule has 80 valence electrons. The summed E-state index contributed by atoms with van der Waals surface area (Å²) in [5.74, 6) is 0. The summed E-state index contributed by atoms with van der Waals surface area (Å²) in [6.07, 6.45) is 3.02. The maximum atomic E-state index is 5.98. The third-order valence-electron chi connectivity index (χ3n) is 2.46. The zero-order chi connectivity index (χ0) is 10.8. The van der Waals surface area contributed by atoms with Gasteiger partial charge >= 0.3 is 0 Å². The second kappa shape index (κ2) is 4.15. The van der Waals surface area contributed by atoms with E-state index in [1.165, 1.54) is 10.9 Å². The van der Waals surface area contributed by atoms with Crippen LogP contribution in [-0.4, -0.2) is 11.3 Å². The largest absolute Gasteiger partial charge is 0.414 e. The lowest BCUT2D eigenvalue weighted by molar-refractivity contribution is 0.132. The number of aromatic nitrogens is 1. The van der Waals surface area contributed by atoms with Crippen LogP contribution in [0.25, 0.3) is 10.9 Å². The zero-order valence-electron chi connectivity index (χ0n) is 8.96. The standard InChI is InChI=1S/C12H14ClNO/c1-3-9-8-14(15-4-2)12-6-5-10(13)7-11(9)12/h5-8H,3-4H2,1-2H3. The molecule has 0 saturated heterocycles. The Morgan fingerprint density at radius 1 is 1.33 bits per heavy atom. The molecule has 2 aromatic rings. The summed E-state index contributed by atoms with van der Waals surface area (Å²) in [5.41, 5.74) is 2.35. The quantitative estimate of drug-likeness (QED) is 0.779. The van der Waals surface area contributed by atoms with E-state index in [4.69, 9.17) is 16.4 Å². The number of rotatable bonds is 3. The first-order chi connectivity index (χ1) is 7.26. The topological polar surface area (TPSA) is 14.2 Å². The number of fused-ring (bicyclic) bond motifs is 1. The van der Waals surface area contributed by atoms with Crippen LogP contribution in [-0.2, 0) is 6.42 Å². The van der Waals surface area contributed by atoms with Crippen LogP contribution in [0.15, 0.2) is 24.4 Å². The summed E-state index contributed by atoms with van der Waals surface area (Å²) in [7, 11) is 0. The monoisotopic (exact) mass is 223 g/mol. The smallest absolute Gasteiger partial charge is 0.112 e. The van der Waals surface area contributed by atoms with Gasteiger partial charge in [0.15, 0.2) is 0 Å². The maximum absolute atomic E-state index is 5.98. The lowest BCUT2D eigenvalue weighted by Gasteiger charge is -2.04. The summed E-state index contributed by atoms with van der Waals surface area (Å²) in [6.45, 7) is 4.77. The molecule has 3 heteroatoms. The second-order valence-electron chi connectivity index (χ2n) is 3.41. The molecule has 0 spiro atoms. The Balaban J connectivity index is 2.64. The van der Waals surface area contributed by atoms with E-state index in [2.05, 4.69) is 6.92 Å². The van der Waals surface area contributed by atoms with E-state index in [9.17, 15) is 0 Å². The average molecular weight is 224 g/mol. The SMILES string of the molecule is CCOn1cc(CC)c2cc(Cl)ccc21. The Morgan fingerprint density at radius 2 is 2.13 bits per heavy atom. The van der Waals surface area contributed by atoms with E-state index in [1.807, 2.05) is 36.1 Å². The van der Waals surface area contributed by atoms with Gasteiger partial charge in [-0.3, -0.25) is 0 Å². The third kappa shape index (κ3) is 1.82. The van der Waals surface area contributed by atoms with Crippen molar-refractivity contribution in [3.8, 4) is 0 Å². The van der Waals surface area contributed by atoms with Gasteiger partial charge in [-0.25, -0.2) is 0 Å². The summed E-state index contributed by atoms with van der Waals surface area (Å²) < 4.78 is 1.82. The Labute approximate surface area is 94.4 Å². The van der Waals surface area contributed by atoms with Crippen molar-refractivity contribution in [2.75, 3.05) is 6.61 Å². The minimum atomic E-state index is 0.662. The molecule has 0 unspecified atom stereocenters. The molecular weight excluding hydrogens is 210 g/mol. The normalized spacial score (nSPS) is 10.9. The molecule has 0 fully saturated rings. The predicted octanol–water partition coefficient (Wildman–Crippen LogP) is 3.31. The van der Waals surface area contributed by atoms with E-state index in [-0.39, 0.29) is 0 Å². The first-order valence-corrected chi connectivity index (χ1v) is 5.56. The van der Waals surface area contributed by atoms with Crippen LogP contribution in [0.1, 0.15) is 19.4 Å². The van der Waals surface area contributed by atoms with Crippen molar-refractivity contribution in [2.24, 2.45) is 0 Å². The van der Waals surface area contributed by atoms with Crippen LogP contribution in [0.2, 0.25) is 5.02 Å². The number of aryl methyl sites for hydroxylation is 1. The Bertz CT molecular complexity index is 476. The highest BCUT2D eigenvalue weighted by molar-refractivity contribution is 6.31. The van der Waals surface area contributed by atoms with Crippen molar-refractivity contribution in [1.29, 1.82) is 0 Å². The third-order valence-corrected chi connectivity index (χ3v) is 2.70. The predicted molar refractivity (Wildman–Crippen MR) is 63.4 cm³/mol. The van der Waals surface area contributed by atoms with Gasteiger partial charge in [0, 0.05) is 16.6 Å². The average Bonchev–Trinajstić information content (AvgIpc) is 2.56. The molecule has 15 heavy (non-hydrogen) atoms. The minimum Gasteiger partial charge on any atom is -0.414 e. The van der Waals surface area contributed by atoms with E-state index >= 15 is 0 Å². The molecule has 0 bridgehead atoms. The van der Waals surface area contributed by atoms with Gasteiger partial charge in [-0.15, -0.1) is 0 Å². The van der Waals surface area contributed by atoms with Gasteiger partial charge < -0.3 is 4.84 Å². The molecule has 2 nitrogen and oxygen atoms in total. The Hall–Kier alpha value is -1.15. The Kier molecular flexibility index (Phi) is 2.87. The summed E-state index contributed by atoms with van der Waals surface area (Å²) >= 11 is 5.98. The van der Waals surface area contributed by atoms with Crippen LogP contribution in [0.4, 0.5) is 0 Å². The molecule has 0 aliphatic rings. The summed E-state index contributed by atoms with van der Waals surface area (Å²) in [5, 5.41) is 1.95. The van der Waals surface area contributed by atoms with Crippen LogP contribution >= 0.6 is 11.6 Å². The minimum absolute atomic E-state index is 0.662. The zero-order valence-corrected chi connectivity index (χ0v) is 9.71. The number of hydrogen-bond donors (Lipinski definition) is 0. The van der Waals surface area contributed by atoms with Gasteiger partial charge in [0.25, 0.3) is 0 Å². The van der Waals surface area contributed by atoms with Crippen molar-refractivity contribution >= 4 is 22.5 Å². The first-order valence-electron chi connectivity index (χ1n) is 5.19. The number of hydrogen-bond acceptors (Lipinski definition) is 1. The van der Waals surface area contributed by atoms with E-state index in [0.29, 0.717) is 6.61 Å². The molecular formula is C12H14ClNO. The van der Waals surface area contributed by atoms with Crippen LogP contribution in [0.3, 0.4) is 0 Å². The van der Waals surface area contributed by atoms with E-state index in [0.717, 1.165) is 17.0 Å². The van der Waals surface area contributed by atoms with Crippen LogP contribution in [0, 0.1) is 0 Å².